The molecule has 1 heterocycles. The fraction of sp³-hybridized carbons (Fsp3) is 1.00. The summed E-state index contributed by atoms with van der Waals surface area (Å²) in [7, 11) is 0. The van der Waals surface area contributed by atoms with Crippen molar-refractivity contribution >= 4 is 0 Å². The van der Waals surface area contributed by atoms with Crippen LogP contribution in [0.1, 0.15) is 52.9 Å². The topological polar surface area (TPSA) is 32.7 Å². The zero-order valence-electron chi connectivity index (χ0n) is 11.7. The predicted molar refractivity (Wildman–Crippen MR) is 71.2 cm³/mol. The molecule has 0 radical (unpaired) electrons. The van der Waals surface area contributed by atoms with Gasteiger partial charge >= 0.3 is 0 Å². The van der Waals surface area contributed by atoms with Gasteiger partial charge in [0.1, 0.15) is 0 Å². The summed E-state index contributed by atoms with van der Waals surface area (Å²) in [5.74, 6) is 0. The number of β-amino-alcohol motifs (C(OH)–C–C–N with tert-alkyl or cyclic N) is 1. The Balaban J connectivity index is 2.22. The highest BCUT2D eigenvalue weighted by atomic mass is 16.5. The summed E-state index contributed by atoms with van der Waals surface area (Å²) in [5, 5.41) is 9.97. The Hall–Kier alpha value is -0.120. The molecule has 0 spiro atoms. The molecule has 0 aliphatic carbocycles. The van der Waals surface area contributed by atoms with Gasteiger partial charge in [-0.25, -0.2) is 0 Å². The van der Waals surface area contributed by atoms with Crippen LogP contribution in [-0.4, -0.2) is 48.0 Å². The van der Waals surface area contributed by atoms with Crippen molar-refractivity contribution in [2.24, 2.45) is 0 Å². The molecule has 1 N–H and O–H groups in total. The second-order valence-electron chi connectivity index (χ2n) is 5.27. The standard InChI is InChI=1S/C14H29NO2/c1-4-6-9-17-11-14(16)10-15-12(3)7-8-13(15)5-2/h12-14,16H,4-11H2,1-3H3. The molecule has 1 fully saturated rings. The van der Waals surface area contributed by atoms with Crippen molar-refractivity contribution < 1.29 is 9.84 Å². The van der Waals surface area contributed by atoms with Gasteiger partial charge in [0.15, 0.2) is 0 Å². The maximum atomic E-state index is 9.97. The summed E-state index contributed by atoms with van der Waals surface area (Å²) in [6.07, 6.45) is 5.64. The smallest absolute Gasteiger partial charge is 0.0900 e. The second-order valence-corrected chi connectivity index (χ2v) is 5.27. The molecule has 17 heavy (non-hydrogen) atoms. The van der Waals surface area contributed by atoms with Crippen LogP contribution in [-0.2, 0) is 4.74 Å². The van der Waals surface area contributed by atoms with Gasteiger partial charge in [-0.2, -0.15) is 0 Å². The SMILES string of the molecule is CCCCOCC(O)CN1C(C)CCC1CC. The van der Waals surface area contributed by atoms with Crippen LogP contribution in [0.4, 0.5) is 0 Å². The number of rotatable bonds is 8. The fourth-order valence-electron chi connectivity index (χ4n) is 2.65. The number of hydrogen-bond acceptors (Lipinski definition) is 3. The van der Waals surface area contributed by atoms with Crippen molar-refractivity contribution in [1.29, 1.82) is 0 Å². The summed E-state index contributed by atoms with van der Waals surface area (Å²) in [5.41, 5.74) is 0. The highest BCUT2D eigenvalue weighted by molar-refractivity contribution is 4.85. The third-order valence-corrected chi connectivity index (χ3v) is 3.80. The molecule has 1 aliphatic rings. The molecule has 1 saturated heterocycles. The van der Waals surface area contributed by atoms with E-state index in [-0.39, 0.29) is 6.10 Å². The lowest BCUT2D eigenvalue weighted by atomic mass is 10.1. The van der Waals surface area contributed by atoms with Gasteiger partial charge in [0.25, 0.3) is 0 Å². The molecular weight excluding hydrogens is 214 g/mol. The van der Waals surface area contributed by atoms with Gasteiger partial charge in [-0.1, -0.05) is 20.3 Å². The monoisotopic (exact) mass is 243 g/mol. The molecule has 3 heteroatoms. The maximum absolute atomic E-state index is 9.97. The molecular formula is C14H29NO2. The van der Waals surface area contributed by atoms with Crippen LogP contribution in [0.15, 0.2) is 0 Å². The van der Waals surface area contributed by atoms with Crippen LogP contribution < -0.4 is 0 Å². The number of likely N-dealkylation sites (tertiary alicyclic amines) is 1. The highest BCUT2D eigenvalue weighted by Crippen LogP contribution is 2.25. The largest absolute Gasteiger partial charge is 0.389 e. The molecule has 0 aromatic rings. The van der Waals surface area contributed by atoms with Gasteiger partial charge in [-0.05, 0) is 32.6 Å². The van der Waals surface area contributed by atoms with E-state index in [4.69, 9.17) is 4.74 Å². The van der Waals surface area contributed by atoms with Gasteiger partial charge in [0, 0.05) is 25.2 Å². The van der Waals surface area contributed by atoms with E-state index in [2.05, 4.69) is 25.7 Å². The predicted octanol–water partition coefficient (Wildman–Crippen LogP) is 2.43. The third-order valence-electron chi connectivity index (χ3n) is 3.80. The summed E-state index contributed by atoms with van der Waals surface area (Å²) in [6, 6.07) is 1.28. The van der Waals surface area contributed by atoms with Gasteiger partial charge in [-0.3, -0.25) is 4.90 Å². The molecule has 1 rings (SSSR count). The van der Waals surface area contributed by atoms with Crippen LogP contribution in [0.25, 0.3) is 0 Å². The van der Waals surface area contributed by atoms with E-state index in [1.54, 1.807) is 0 Å². The van der Waals surface area contributed by atoms with Crippen LogP contribution in [0.3, 0.4) is 0 Å². The number of ether oxygens (including phenoxy) is 1. The maximum Gasteiger partial charge on any atom is 0.0900 e. The van der Waals surface area contributed by atoms with Crippen LogP contribution in [0.5, 0.6) is 0 Å². The van der Waals surface area contributed by atoms with Gasteiger partial charge in [-0.15, -0.1) is 0 Å². The molecule has 0 amide bonds. The molecule has 3 atom stereocenters. The summed E-state index contributed by atoms with van der Waals surface area (Å²) in [6.45, 7) is 8.68. The van der Waals surface area contributed by atoms with Crippen LogP contribution in [0.2, 0.25) is 0 Å². The quantitative estimate of drug-likeness (QED) is 0.665. The summed E-state index contributed by atoms with van der Waals surface area (Å²) in [4.78, 5) is 2.45. The lowest BCUT2D eigenvalue weighted by molar-refractivity contribution is 0.00713. The van der Waals surface area contributed by atoms with Crippen LogP contribution >= 0.6 is 0 Å². The Labute approximate surface area is 106 Å². The van der Waals surface area contributed by atoms with E-state index in [1.165, 1.54) is 19.3 Å². The minimum atomic E-state index is -0.332. The number of hydrogen-bond donors (Lipinski definition) is 1. The highest BCUT2D eigenvalue weighted by Gasteiger charge is 2.30. The number of aliphatic hydroxyl groups is 1. The first kappa shape index (κ1) is 14.9. The summed E-state index contributed by atoms with van der Waals surface area (Å²) < 4.78 is 5.47. The first-order valence-corrected chi connectivity index (χ1v) is 7.20. The lowest BCUT2D eigenvalue weighted by Crippen LogP contribution is -2.41. The average Bonchev–Trinajstić information content (AvgIpc) is 2.66. The minimum Gasteiger partial charge on any atom is -0.389 e. The fourth-order valence-corrected chi connectivity index (χ4v) is 2.65. The van der Waals surface area contributed by atoms with Gasteiger partial charge in [0.2, 0.25) is 0 Å². The Bertz CT molecular complexity index is 199. The van der Waals surface area contributed by atoms with E-state index < -0.39 is 0 Å². The van der Waals surface area contributed by atoms with E-state index >= 15 is 0 Å². The Morgan fingerprint density at radius 3 is 2.76 bits per heavy atom. The molecule has 102 valence electrons. The van der Waals surface area contributed by atoms with E-state index in [0.717, 1.165) is 26.0 Å². The first-order chi connectivity index (χ1) is 8.19. The van der Waals surface area contributed by atoms with Crippen LogP contribution in [0, 0.1) is 0 Å². The molecule has 1 aliphatic heterocycles. The van der Waals surface area contributed by atoms with E-state index in [1.807, 2.05) is 0 Å². The Morgan fingerprint density at radius 1 is 1.35 bits per heavy atom. The minimum absolute atomic E-state index is 0.332. The van der Waals surface area contributed by atoms with Crippen molar-refractivity contribution in [3.8, 4) is 0 Å². The van der Waals surface area contributed by atoms with E-state index in [0.29, 0.717) is 18.7 Å². The number of unbranched alkanes of at least 4 members (excludes halogenated alkanes) is 1. The zero-order valence-corrected chi connectivity index (χ0v) is 11.7. The van der Waals surface area contributed by atoms with Crippen molar-refractivity contribution in [2.75, 3.05) is 19.8 Å². The molecule has 0 aromatic carbocycles. The second kappa shape index (κ2) is 8.06. The zero-order chi connectivity index (χ0) is 12.7. The summed E-state index contributed by atoms with van der Waals surface area (Å²) >= 11 is 0. The van der Waals surface area contributed by atoms with Gasteiger partial charge in [0.05, 0.1) is 12.7 Å². The Morgan fingerprint density at radius 2 is 2.12 bits per heavy atom. The first-order valence-electron chi connectivity index (χ1n) is 7.20. The molecule has 3 unspecified atom stereocenters. The lowest BCUT2D eigenvalue weighted by Gasteiger charge is -2.29. The normalized spacial score (nSPS) is 27.5. The Kier molecular flexibility index (Phi) is 7.09. The third kappa shape index (κ3) is 4.94. The number of nitrogens with zero attached hydrogens (tertiary/aromatic N) is 1. The van der Waals surface area contributed by atoms with E-state index in [9.17, 15) is 5.11 Å². The molecule has 3 nitrogen and oxygen atoms in total. The average molecular weight is 243 g/mol. The van der Waals surface area contributed by atoms with Crippen molar-refractivity contribution in [3.05, 3.63) is 0 Å². The van der Waals surface area contributed by atoms with Crippen molar-refractivity contribution in [3.63, 3.8) is 0 Å². The van der Waals surface area contributed by atoms with Gasteiger partial charge < -0.3 is 9.84 Å². The number of aliphatic hydroxyl groups excluding tert-OH is 1. The molecule has 0 aromatic heterocycles. The van der Waals surface area contributed by atoms with Crippen molar-refractivity contribution in [1.82, 2.24) is 4.90 Å². The molecule has 0 saturated carbocycles. The van der Waals surface area contributed by atoms with Crippen molar-refractivity contribution in [2.45, 2.75) is 71.1 Å². The molecule has 0 bridgehead atoms.